The fourth-order valence-electron chi connectivity index (χ4n) is 5.79. The van der Waals surface area contributed by atoms with Gasteiger partial charge in [0, 0.05) is 63.3 Å². The molecule has 3 aliphatic heterocycles. The predicted molar refractivity (Wildman–Crippen MR) is 168 cm³/mol. The van der Waals surface area contributed by atoms with Gasteiger partial charge in [-0.15, -0.1) is 0 Å². The van der Waals surface area contributed by atoms with Gasteiger partial charge in [-0.05, 0) is 41.5 Å². The second-order valence-corrected chi connectivity index (χ2v) is 17.0. The summed E-state index contributed by atoms with van der Waals surface area (Å²) >= 11 is 0. The Kier molecular flexibility index (Phi) is 15.4. The molecular formula is C33H65N3O10. The summed E-state index contributed by atoms with van der Waals surface area (Å²) in [6.45, 7) is 16.7. The minimum Gasteiger partial charge on any atom is -0.550 e. The van der Waals surface area contributed by atoms with E-state index in [0.717, 1.165) is 71.6 Å². The first-order valence-corrected chi connectivity index (χ1v) is 16.2. The lowest BCUT2D eigenvalue weighted by Gasteiger charge is -2.49. The van der Waals surface area contributed by atoms with Gasteiger partial charge in [0.15, 0.2) is 0 Å². The normalized spacial score (nSPS) is 28.3. The van der Waals surface area contributed by atoms with Crippen LogP contribution in [0.25, 0.3) is 0 Å². The number of quaternary nitrogens is 3. The molecule has 0 amide bonds. The fourth-order valence-corrected chi connectivity index (χ4v) is 5.79. The maximum Gasteiger partial charge on any atom is 0.114 e. The standard InChI is InChI=1S/3C9H20NO.C6H8O7/c3*1-9(2)7-8(11)5-6-10(9,3)4;7-3(8)1-6(13,5(11)12)2-4(9)10/h3*8,11H,5-7H2,1-4H3;13H,1-2H2,(H,7,8)(H,9,10)(H,11,12)/q3*+1;/p-3. The molecule has 0 aliphatic carbocycles. The zero-order valence-corrected chi connectivity index (χ0v) is 30.6. The van der Waals surface area contributed by atoms with Gasteiger partial charge in [-0.25, -0.2) is 0 Å². The molecule has 3 heterocycles. The lowest BCUT2D eigenvalue weighted by molar-refractivity contribution is -0.944. The summed E-state index contributed by atoms with van der Waals surface area (Å²) in [6, 6.07) is 0. The first kappa shape index (κ1) is 44.1. The molecule has 0 aromatic carbocycles. The quantitative estimate of drug-likeness (QED) is 0.233. The van der Waals surface area contributed by atoms with E-state index >= 15 is 0 Å². The van der Waals surface area contributed by atoms with Crippen molar-refractivity contribution in [1.82, 2.24) is 0 Å². The third-order valence-corrected chi connectivity index (χ3v) is 11.4. The minimum atomic E-state index is -2.97. The summed E-state index contributed by atoms with van der Waals surface area (Å²) in [5, 5.41) is 67.3. The number of likely N-dealkylation sites (tertiary alicyclic amines) is 3. The number of carboxylic acid groups (broad SMARTS) is 3. The number of aliphatic hydroxyl groups is 4. The monoisotopic (exact) mass is 663 g/mol. The van der Waals surface area contributed by atoms with Crippen molar-refractivity contribution in [3.05, 3.63) is 0 Å². The van der Waals surface area contributed by atoms with Crippen LogP contribution in [0.3, 0.4) is 0 Å². The summed E-state index contributed by atoms with van der Waals surface area (Å²) in [6.07, 6.45) is 2.72. The van der Waals surface area contributed by atoms with Crippen molar-refractivity contribution in [2.24, 2.45) is 0 Å². The second kappa shape index (κ2) is 16.0. The van der Waals surface area contributed by atoms with Gasteiger partial charge in [0.1, 0.15) is 5.60 Å². The van der Waals surface area contributed by atoms with Gasteiger partial charge in [-0.1, -0.05) is 0 Å². The summed E-state index contributed by atoms with van der Waals surface area (Å²) in [5.41, 5.74) is -2.27. The van der Waals surface area contributed by atoms with Crippen LogP contribution in [0, 0.1) is 0 Å². The van der Waals surface area contributed by atoms with E-state index in [1.807, 2.05) is 0 Å². The molecule has 4 N–H and O–H groups in total. The minimum absolute atomic E-state index is 0.0730. The molecular weight excluding hydrogens is 598 g/mol. The van der Waals surface area contributed by atoms with Crippen LogP contribution in [0.2, 0.25) is 0 Å². The van der Waals surface area contributed by atoms with Crippen molar-refractivity contribution in [2.45, 2.75) is 133 Å². The summed E-state index contributed by atoms with van der Waals surface area (Å²) in [4.78, 5) is 30.0. The molecule has 46 heavy (non-hydrogen) atoms. The maximum absolute atomic E-state index is 10.1. The van der Waals surface area contributed by atoms with Gasteiger partial charge in [-0.3, -0.25) is 0 Å². The Morgan fingerprint density at radius 2 is 0.804 bits per heavy atom. The lowest BCUT2D eigenvalue weighted by Crippen LogP contribution is -2.61. The highest BCUT2D eigenvalue weighted by molar-refractivity contribution is 5.86. The van der Waals surface area contributed by atoms with Gasteiger partial charge in [0.05, 0.1) is 103 Å². The molecule has 0 bridgehead atoms. The molecule has 13 heteroatoms. The van der Waals surface area contributed by atoms with Crippen LogP contribution in [0.4, 0.5) is 0 Å². The number of hydrogen-bond acceptors (Lipinski definition) is 10. The SMILES string of the molecule is CC1(C)CC(O)CC[N+]1(C)C.CC1(C)CC(O)CC[N+]1(C)C.CC1(C)CC(O)CC[N+]1(C)C.O=C([O-])CC(O)(CC(=O)[O-])C(=O)[O-]. The Bertz CT molecular complexity index is 922. The van der Waals surface area contributed by atoms with Gasteiger partial charge >= 0.3 is 0 Å². The maximum atomic E-state index is 10.1. The van der Waals surface area contributed by atoms with Crippen LogP contribution >= 0.6 is 0 Å². The highest BCUT2D eigenvalue weighted by Crippen LogP contribution is 2.33. The van der Waals surface area contributed by atoms with Gasteiger partial charge in [-0.2, -0.15) is 0 Å². The van der Waals surface area contributed by atoms with Crippen LogP contribution in [-0.2, 0) is 14.4 Å². The highest BCUT2D eigenvalue weighted by Gasteiger charge is 2.44. The Hall–Kier alpha value is -1.87. The van der Waals surface area contributed by atoms with Crippen LogP contribution < -0.4 is 15.3 Å². The zero-order chi connectivity index (χ0) is 36.7. The molecule has 0 aromatic rings. The van der Waals surface area contributed by atoms with E-state index in [-0.39, 0.29) is 34.9 Å². The third kappa shape index (κ3) is 13.0. The van der Waals surface area contributed by atoms with E-state index in [0.29, 0.717) is 0 Å². The number of nitrogens with zero attached hydrogens (tertiary/aromatic N) is 3. The highest BCUT2D eigenvalue weighted by atomic mass is 16.4. The molecule has 0 radical (unpaired) electrons. The van der Waals surface area contributed by atoms with Crippen molar-refractivity contribution < 1.29 is 63.6 Å². The van der Waals surface area contributed by atoms with Crippen molar-refractivity contribution in [1.29, 1.82) is 0 Å². The van der Waals surface area contributed by atoms with E-state index in [1.165, 1.54) is 0 Å². The smallest absolute Gasteiger partial charge is 0.114 e. The Balaban J connectivity index is 0.000000588. The number of piperidine rings is 3. The predicted octanol–water partition coefficient (Wildman–Crippen LogP) is -2.26. The third-order valence-electron chi connectivity index (χ3n) is 11.4. The summed E-state index contributed by atoms with van der Waals surface area (Å²) < 4.78 is 3.10. The van der Waals surface area contributed by atoms with Crippen LogP contribution in [0.5, 0.6) is 0 Å². The fraction of sp³-hybridized carbons (Fsp3) is 0.909. The first-order valence-electron chi connectivity index (χ1n) is 16.2. The molecule has 3 fully saturated rings. The van der Waals surface area contributed by atoms with Crippen molar-refractivity contribution in [3.8, 4) is 0 Å². The van der Waals surface area contributed by atoms with Crippen LogP contribution in [-0.4, -0.2) is 154 Å². The Labute approximate surface area is 276 Å². The average Bonchev–Trinajstić information content (AvgIpc) is 2.82. The lowest BCUT2D eigenvalue weighted by atomic mass is 9.87. The van der Waals surface area contributed by atoms with E-state index in [4.69, 9.17) is 5.11 Å². The van der Waals surface area contributed by atoms with Crippen LogP contribution in [0.15, 0.2) is 0 Å². The zero-order valence-electron chi connectivity index (χ0n) is 30.6. The number of carbonyl (C=O) groups excluding carboxylic acids is 3. The number of carboxylic acids is 3. The van der Waals surface area contributed by atoms with E-state index in [1.54, 1.807) is 0 Å². The van der Waals surface area contributed by atoms with Gasteiger partial charge in [0.2, 0.25) is 0 Å². The number of aliphatic hydroxyl groups excluding tert-OH is 3. The molecule has 3 aliphatic rings. The molecule has 272 valence electrons. The number of carbonyl (C=O) groups is 3. The van der Waals surface area contributed by atoms with E-state index < -0.39 is 36.4 Å². The van der Waals surface area contributed by atoms with Crippen molar-refractivity contribution in [3.63, 3.8) is 0 Å². The van der Waals surface area contributed by atoms with Crippen molar-refractivity contribution >= 4 is 17.9 Å². The number of rotatable bonds is 5. The Morgan fingerprint density at radius 3 is 0.935 bits per heavy atom. The number of hydrogen-bond donors (Lipinski definition) is 4. The van der Waals surface area contributed by atoms with Gasteiger partial charge < -0.3 is 63.6 Å². The van der Waals surface area contributed by atoms with E-state index in [9.17, 15) is 45.0 Å². The summed E-state index contributed by atoms with van der Waals surface area (Å²) in [7, 11) is 13.5. The van der Waals surface area contributed by atoms with Crippen LogP contribution in [0.1, 0.15) is 92.9 Å². The van der Waals surface area contributed by atoms with E-state index in [2.05, 4.69) is 83.8 Å². The molecule has 3 rings (SSSR count). The second-order valence-electron chi connectivity index (χ2n) is 17.0. The number of aliphatic carboxylic acids is 3. The molecule has 0 spiro atoms. The molecule has 13 nitrogen and oxygen atoms in total. The topological polar surface area (TPSA) is 201 Å². The molecule has 3 unspecified atom stereocenters. The molecule has 3 saturated heterocycles. The average molecular weight is 664 g/mol. The largest absolute Gasteiger partial charge is 0.550 e. The molecule has 3 atom stereocenters. The van der Waals surface area contributed by atoms with Gasteiger partial charge in [0.25, 0.3) is 0 Å². The first-order chi connectivity index (χ1) is 20.3. The summed E-state index contributed by atoms with van der Waals surface area (Å²) in [5.74, 6) is -5.98. The molecule has 0 saturated carbocycles. The van der Waals surface area contributed by atoms with Crippen molar-refractivity contribution in [2.75, 3.05) is 61.9 Å². The molecule has 0 aromatic heterocycles. The Morgan fingerprint density at radius 1 is 0.587 bits per heavy atom.